The third-order valence-corrected chi connectivity index (χ3v) is 3.26. The first-order valence-corrected chi connectivity index (χ1v) is 6.45. The summed E-state index contributed by atoms with van der Waals surface area (Å²) in [5.74, 6) is 0.342. The number of hydrogen-bond acceptors (Lipinski definition) is 3. The minimum Gasteiger partial charge on any atom is -0.398 e. The fraction of sp³-hybridized carbons (Fsp3) is 0.200. The topological polar surface area (TPSA) is 56.7 Å². The molecule has 0 amide bonds. The van der Waals surface area contributed by atoms with Gasteiger partial charge in [-0.2, -0.15) is 0 Å². The second-order valence-corrected chi connectivity index (χ2v) is 5.00. The van der Waals surface area contributed by atoms with E-state index in [-0.39, 0.29) is 11.9 Å². The van der Waals surface area contributed by atoms with Gasteiger partial charge in [-0.05, 0) is 38.1 Å². The molecule has 0 aliphatic carbocycles. The number of hydrogen-bond donors (Lipinski definition) is 1. The van der Waals surface area contributed by atoms with Gasteiger partial charge in [0, 0.05) is 23.5 Å². The Morgan fingerprint density at radius 3 is 2.80 bits per heavy atom. The number of anilines is 1. The van der Waals surface area contributed by atoms with E-state index in [4.69, 9.17) is 5.73 Å². The molecule has 2 heterocycles. The van der Waals surface area contributed by atoms with Crippen molar-refractivity contribution in [2.75, 3.05) is 5.73 Å². The van der Waals surface area contributed by atoms with Crippen molar-refractivity contribution in [3.8, 4) is 11.4 Å². The maximum absolute atomic E-state index is 13.5. The van der Waals surface area contributed by atoms with Crippen LogP contribution in [0.25, 0.3) is 22.4 Å². The number of fused-ring (bicyclic) bond motifs is 1. The van der Waals surface area contributed by atoms with Gasteiger partial charge in [-0.25, -0.2) is 9.37 Å². The average Bonchev–Trinajstić information content (AvgIpc) is 2.80. The summed E-state index contributed by atoms with van der Waals surface area (Å²) in [5, 5.41) is 0. The van der Waals surface area contributed by atoms with Crippen LogP contribution >= 0.6 is 0 Å². The Kier molecular flexibility index (Phi) is 2.89. The molecule has 1 aromatic carbocycles. The second kappa shape index (κ2) is 4.59. The van der Waals surface area contributed by atoms with Crippen LogP contribution in [-0.4, -0.2) is 14.5 Å². The lowest BCUT2D eigenvalue weighted by molar-refractivity contribution is 0.618. The van der Waals surface area contributed by atoms with Crippen LogP contribution in [0.1, 0.15) is 19.9 Å². The molecule has 5 heteroatoms. The van der Waals surface area contributed by atoms with Gasteiger partial charge in [0.05, 0.1) is 11.7 Å². The van der Waals surface area contributed by atoms with Gasteiger partial charge in [-0.15, -0.1) is 0 Å². The molecule has 3 rings (SSSR count). The van der Waals surface area contributed by atoms with Crippen molar-refractivity contribution in [1.29, 1.82) is 0 Å². The highest BCUT2D eigenvalue weighted by Gasteiger charge is 2.17. The molecule has 0 atom stereocenters. The molecule has 0 radical (unpaired) electrons. The number of rotatable bonds is 2. The number of nitrogen functional groups attached to an aromatic ring is 1. The van der Waals surface area contributed by atoms with E-state index >= 15 is 0 Å². The van der Waals surface area contributed by atoms with E-state index < -0.39 is 0 Å². The molecule has 0 bridgehead atoms. The third-order valence-electron chi connectivity index (χ3n) is 3.26. The molecule has 0 aliphatic rings. The molecule has 0 saturated carbocycles. The van der Waals surface area contributed by atoms with Gasteiger partial charge >= 0.3 is 0 Å². The van der Waals surface area contributed by atoms with Crippen LogP contribution in [0.5, 0.6) is 0 Å². The minimum atomic E-state index is -0.324. The van der Waals surface area contributed by atoms with Gasteiger partial charge in [0.25, 0.3) is 0 Å². The van der Waals surface area contributed by atoms with E-state index in [1.54, 1.807) is 18.5 Å². The molecule has 0 aliphatic heterocycles. The summed E-state index contributed by atoms with van der Waals surface area (Å²) in [6.07, 6.45) is 3.43. The maximum atomic E-state index is 13.5. The summed E-state index contributed by atoms with van der Waals surface area (Å²) < 4.78 is 15.6. The SMILES string of the molecule is CC(C)n1c(-c2cc(F)ccc2N)nc2cnccc21. The standard InChI is InChI=1S/C15H15FN4/c1-9(2)20-14-5-6-18-8-13(14)19-15(20)11-7-10(16)3-4-12(11)17/h3-9H,17H2,1-2H3. The lowest BCUT2D eigenvalue weighted by Gasteiger charge is -2.14. The van der Waals surface area contributed by atoms with Gasteiger partial charge < -0.3 is 10.3 Å². The fourth-order valence-electron chi connectivity index (χ4n) is 2.39. The van der Waals surface area contributed by atoms with Crippen LogP contribution in [-0.2, 0) is 0 Å². The van der Waals surface area contributed by atoms with Crippen molar-refractivity contribution in [2.24, 2.45) is 0 Å². The van der Waals surface area contributed by atoms with Crippen molar-refractivity contribution in [1.82, 2.24) is 14.5 Å². The Labute approximate surface area is 116 Å². The normalized spacial score (nSPS) is 11.4. The van der Waals surface area contributed by atoms with Crippen LogP contribution in [0, 0.1) is 5.82 Å². The molecule has 102 valence electrons. The summed E-state index contributed by atoms with van der Waals surface area (Å²) in [6.45, 7) is 4.11. The molecule has 0 saturated heterocycles. The lowest BCUT2D eigenvalue weighted by atomic mass is 10.1. The number of benzene rings is 1. The summed E-state index contributed by atoms with van der Waals surface area (Å²) >= 11 is 0. The summed E-state index contributed by atoms with van der Waals surface area (Å²) in [5.41, 5.74) is 8.84. The van der Waals surface area contributed by atoms with E-state index in [9.17, 15) is 4.39 Å². The van der Waals surface area contributed by atoms with Gasteiger partial charge in [0.15, 0.2) is 0 Å². The van der Waals surface area contributed by atoms with Gasteiger partial charge in [-0.3, -0.25) is 4.98 Å². The third kappa shape index (κ3) is 1.91. The Morgan fingerprint density at radius 2 is 2.05 bits per heavy atom. The molecule has 0 fully saturated rings. The van der Waals surface area contributed by atoms with E-state index in [0.29, 0.717) is 17.1 Å². The first-order valence-electron chi connectivity index (χ1n) is 6.45. The van der Waals surface area contributed by atoms with Crippen molar-refractivity contribution in [2.45, 2.75) is 19.9 Å². The van der Waals surface area contributed by atoms with Crippen molar-refractivity contribution in [3.63, 3.8) is 0 Å². The number of imidazole rings is 1. The predicted molar refractivity (Wildman–Crippen MR) is 77.7 cm³/mol. The smallest absolute Gasteiger partial charge is 0.143 e. The van der Waals surface area contributed by atoms with E-state index in [1.165, 1.54) is 12.1 Å². The number of halogens is 1. The lowest BCUT2D eigenvalue weighted by Crippen LogP contribution is -2.04. The average molecular weight is 270 g/mol. The van der Waals surface area contributed by atoms with Crippen molar-refractivity contribution in [3.05, 3.63) is 42.5 Å². The van der Waals surface area contributed by atoms with Gasteiger partial charge in [0.1, 0.15) is 17.2 Å². The molecule has 0 spiro atoms. The zero-order chi connectivity index (χ0) is 14.3. The van der Waals surface area contributed by atoms with E-state index in [0.717, 1.165) is 11.0 Å². The monoisotopic (exact) mass is 270 g/mol. The van der Waals surface area contributed by atoms with Crippen molar-refractivity contribution >= 4 is 16.7 Å². The first kappa shape index (κ1) is 12.6. The van der Waals surface area contributed by atoms with Gasteiger partial charge in [-0.1, -0.05) is 0 Å². The molecular formula is C15H15FN4. The highest BCUT2D eigenvalue weighted by molar-refractivity contribution is 5.83. The van der Waals surface area contributed by atoms with Crippen LogP contribution in [0.2, 0.25) is 0 Å². The zero-order valence-electron chi connectivity index (χ0n) is 11.3. The van der Waals surface area contributed by atoms with Gasteiger partial charge in [0.2, 0.25) is 0 Å². The molecule has 3 aromatic rings. The second-order valence-electron chi connectivity index (χ2n) is 5.00. The number of nitrogens with two attached hydrogens (primary N) is 1. The maximum Gasteiger partial charge on any atom is 0.143 e. The molecular weight excluding hydrogens is 255 g/mol. The van der Waals surface area contributed by atoms with Crippen LogP contribution in [0.15, 0.2) is 36.7 Å². The van der Waals surface area contributed by atoms with Crippen molar-refractivity contribution < 1.29 is 4.39 Å². The molecule has 0 unspecified atom stereocenters. The zero-order valence-corrected chi connectivity index (χ0v) is 11.3. The molecule has 20 heavy (non-hydrogen) atoms. The quantitative estimate of drug-likeness (QED) is 0.726. The Bertz CT molecular complexity index is 777. The fourth-order valence-corrected chi connectivity index (χ4v) is 2.39. The highest BCUT2D eigenvalue weighted by atomic mass is 19.1. The Hall–Kier alpha value is -2.43. The van der Waals surface area contributed by atoms with Crippen LogP contribution in [0.4, 0.5) is 10.1 Å². The largest absolute Gasteiger partial charge is 0.398 e. The van der Waals surface area contributed by atoms with E-state index in [2.05, 4.69) is 23.8 Å². The summed E-state index contributed by atoms with van der Waals surface area (Å²) in [7, 11) is 0. The highest BCUT2D eigenvalue weighted by Crippen LogP contribution is 2.31. The van der Waals surface area contributed by atoms with E-state index in [1.807, 2.05) is 10.6 Å². The molecule has 2 N–H and O–H groups in total. The number of aromatic nitrogens is 3. The van der Waals surface area contributed by atoms with Crippen LogP contribution in [0.3, 0.4) is 0 Å². The Morgan fingerprint density at radius 1 is 1.25 bits per heavy atom. The number of pyridine rings is 1. The molecule has 2 aromatic heterocycles. The van der Waals surface area contributed by atoms with Crippen LogP contribution < -0.4 is 5.73 Å². The summed E-state index contributed by atoms with van der Waals surface area (Å²) in [4.78, 5) is 8.64. The minimum absolute atomic E-state index is 0.181. The number of nitrogens with zero attached hydrogens (tertiary/aromatic N) is 3. The Balaban J connectivity index is 2.35. The summed E-state index contributed by atoms with van der Waals surface area (Å²) in [6, 6.07) is 6.42. The molecule has 4 nitrogen and oxygen atoms in total. The predicted octanol–water partition coefficient (Wildman–Crippen LogP) is 3.40. The first-order chi connectivity index (χ1) is 9.58.